The molecule has 2 unspecified atom stereocenters. The van der Waals surface area contributed by atoms with E-state index < -0.39 is 26.4 Å². The zero-order valence-corrected chi connectivity index (χ0v) is 30.9. The van der Waals surface area contributed by atoms with Gasteiger partial charge in [-0.15, -0.1) is 0 Å². The van der Waals surface area contributed by atoms with Gasteiger partial charge >= 0.3 is 5.97 Å². The van der Waals surface area contributed by atoms with Crippen LogP contribution < -0.4 is 0 Å². The first-order valence-electron chi connectivity index (χ1n) is 18.1. The van der Waals surface area contributed by atoms with Gasteiger partial charge in [-0.25, -0.2) is 8.78 Å². The Labute approximate surface area is 284 Å². The number of carbonyl (C=O) groups excluding carboxylic acids is 1. The second-order valence-corrected chi connectivity index (χ2v) is 19.9. The van der Waals surface area contributed by atoms with Crippen molar-refractivity contribution in [3.05, 3.63) is 48.0 Å². The lowest BCUT2D eigenvalue weighted by atomic mass is 9.87. The Morgan fingerprint density at radius 1 is 1.09 bits per heavy atom. The van der Waals surface area contributed by atoms with Gasteiger partial charge in [-0.3, -0.25) is 4.79 Å². The number of aliphatic hydroxyl groups is 1. The molecule has 0 amide bonds. The molecule has 47 heavy (non-hydrogen) atoms. The number of rotatable bonds is 19. The smallest absolute Gasteiger partial charge is 0.306 e. The number of aliphatic hydroxyl groups excluding tert-OH is 1. The average Bonchev–Trinajstić information content (AvgIpc) is 3.31. The summed E-state index contributed by atoms with van der Waals surface area (Å²) in [5.74, 6) is -3.54. The number of halogens is 2. The summed E-state index contributed by atoms with van der Waals surface area (Å²) in [7, 11) is -2.51. The van der Waals surface area contributed by atoms with E-state index in [-0.39, 0.29) is 48.3 Å². The fourth-order valence-electron chi connectivity index (χ4n) is 6.27. The van der Waals surface area contributed by atoms with Crippen LogP contribution in [0.25, 0.3) is 0 Å². The fraction of sp³-hybridized carbons (Fsp3) is 0.763. The molecule has 1 N–H and O–H groups in total. The summed E-state index contributed by atoms with van der Waals surface area (Å²) in [5, 5.41) is 11.0. The van der Waals surface area contributed by atoms with Crippen LogP contribution in [-0.2, 0) is 30.0 Å². The SMILES string of the molecule is CCCCC(F)(F)C(/C=C/[C@@H]1[C@@H](CCCCCCC(=O)OCc2ccccc2)[C@@H](O)C[C@H]1OC1CCCCO1)O[Si](C)(C)C(C)(C)C. The van der Waals surface area contributed by atoms with Gasteiger partial charge < -0.3 is 23.7 Å². The standard InChI is InChI=1S/C38H62F2O6Si/c1-7-8-25-38(39,40)34(46-47(5,6)37(2,3)4)24-23-31-30(32(41)27-33(31)45-36-22-16-17-26-43-36)20-14-9-10-15-21-35(42)44-28-29-18-12-11-13-19-29/h11-13,18-19,23-24,30-34,36,41H,7-10,14-17,20-22,25-28H2,1-6H3/b24-23+/t30-,31-,32+,33-,34?,36?/m1/s1. The van der Waals surface area contributed by atoms with Gasteiger partial charge in [0.2, 0.25) is 0 Å². The lowest BCUT2D eigenvalue weighted by molar-refractivity contribution is -0.193. The highest BCUT2D eigenvalue weighted by atomic mass is 28.4. The maximum absolute atomic E-state index is 15.7. The third-order valence-electron chi connectivity index (χ3n) is 10.3. The monoisotopic (exact) mass is 680 g/mol. The van der Waals surface area contributed by atoms with Crippen molar-refractivity contribution in [2.45, 2.75) is 166 Å². The topological polar surface area (TPSA) is 74.2 Å². The van der Waals surface area contributed by atoms with Crippen LogP contribution in [0.2, 0.25) is 18.1 Å². The molecule has 2 fully saturated rings. The summed E-state index contributed by atoms with van der Waals surface area (Å²) >= 11 is 0. The van der Waals surface area contributed by atoms with Crippen molar-refractivity contribution in [1.82, 2.24) is 0 Å². The Bertz CT molecular complexity index is 1070. The molecule has 2 aliphatic rings. The zero-order chi connectivity index (χ0) is 34.5. The van der Waals surface area contributed by atoms with Crippen molar-refractivity contribution >= 4 is 14.3 Å². The highest BCUT2D eigenvalue weighted by molar-refractivity contribution is 6.74. The van der Waals surface area contributed by atoms with Crippen LogP contribution in [0.15, 0.2) is 42.5 Å². The molecule has 1 heterocycles. The van der Waals surface area contributed by atoms with Crippen molar-refractivity contribution in [1.29, 1.82) is 0 Å². The quantitative estimate of drug-likeness (QED) is 0.0679. The predicted molar refractivity (Wildman–Crippen MR) is 186 cm³/mol. The molecular weight excluding hydrogens is 618 g/mol. The molecule has 1 aliphatic carbocycles. The van der Waals surface area contributed by atoms with Gasteiger partial charge in [0.25, 0.3) is 5.92 Å². The maximum atomic E-state index is 15.7. The number of benzene rings is 1. The van der Waals surface area contributed by atoms with Crippen LogP contribution in [0.5, 0.6) is 0 Å². The normalized spacial score (nSPS) is 24.9. The second-order valence-electron chi connectivity index (χ2n) is 15.2. The van der Waals surface area contributed by atoms with Crippen molar-refractivity contribution in [3.63, 3.8) is 0 Å². The van der Waals surface area contributed by atoms with E-state index in [9.17, 15) is 9.90 Å². The van der Waals surface area contributed by atoms with Crippen LogP contribution >= 0.6 is 0 Å². The van der Waals surface area contributed by atoms with E-state index >= 15 is 8.78 Å². The third kappa shape index (κ3) is 13.0. The Hall–Kier alpha value is -1.65. The molecule has 0 aromatic heterocycles. The number of ether oxygens (including phenoxy) is 3. The number of alkyl halides is 2. The van der Waals surface area contributed by atoms with Crippen LogP contribution in [0.3, 0.4) is 0 Å². The zero-order valence-electron chi connectivity index (χ0n) is 29.9. The van der Waals surface area contributed by atoms with Gasteiger partial charge in [-0.2, -0.15) is 0 Å². The Kier molecular flexibility index (Phi) is 16.0. The molecule has 6 nitrogen and oxygen atoms in total. The maximum Gasteiger partial charge on any atom is 0.306 e. The second kappa shape index (κ2) is 18.9. The summed E-state index contributed by atoms with van der Waals surface area (Å²) in [5.41, 5.74) is 0.972. The van der Waals surface area contributed by atoms with Crippen molar-refractivity contribution in [3.8, 4) is 0 Å². The van der Waals surface area contributed by atoms with E-state index in [0.29, 0.717) is 32.3 Å². The van der Waals surface area contributed by atoms with Crippen molar-refractivity contribution < 1.29 is 37.3 Å². The van der Waals surface area contributed by atoms with Gasteiger partial charge in [-0.05, 0) is 68.1 Å². The van der Waals surface area contributed by atoms with Gasteiger partial charge in [-0.1, -0.05) is 95.9 Å². The molecule has 268 valence electrons. The summed E-state index contributed by atoms with van der Waals surface area (Å²) in [4.78, 5) is 12.2. The molecule has 1 saturated carbocycles. The summed E-state index contributed by atoms with van der Waals surface area (Å²) < 4.78 is 55.6. The molecule has 1 aromatic carbocycles. The van der Waals surface area contributed by atoms with E-state index in [1.165, 1.54) is 0 Å². The average molecular weight is 681 g/mol. The van der Waals surface area contributed by atoms with Gasteiger partial charge in [0.15, 0.2) is 14.6 Å². The molecule has 1 aromatic rings. The third-order valence-corrected chi connectivity index (χ3v) is 14.7. The lowest BCUT2D eigenvalue weighted by Gasteiger charge is -2.40. The minimum atomic E-state index is -3.00. The lowest BCUT2D eigenvalue weighted by Crippen LogP contribution is -2.48. The van der Waals surface area contributed by atoms with Crippen LogP contribution in [0.1, 0.15) is 117 Å². The molecule has 0 radical (unpaired) electrons. The molecular formula is C38H62F2O6Si. The molecule has 6 atom stereocenters. The summed E-state index contributed by atoms with van der Waals surface area (Å²) in [6, 6.07) is 9.65. The number of unbranched alkanes of at least 4 members (excludes halogenated alkanes) is 4. The Balaban J connectivity index is 1.65. The highest BCUT2D eigenvalue weighted by Gasteiger charge is 2.47. The first kappa shape index (κ1) is 39.8. The minimum absolute atomic E-state index is 0.117. The van der Waals surface area contributed by atoms with Crippen LogP contribution in [0, 0.1) is 11.8 Å². The molecule has 0 bridgehead atoms. The van der Waals surface area contributed by atoms with E-state index in [1.54, 1.807) is 6.08 Å². The Morgan fingerprint density at radius 2 is 1.81 bits per heavy atom. The number of esters is 1. The summed E-state index contributed by atoms with van der Waals surface area (Å²) in [6.45, 7) is 13.1. The van der Waals surface area contributed by atoms with E-state index in [2.05, 4.69) is 20.8 Å². The van der Waals surface area contributed by atoms with Gasteiger partial charge in [0, 0.05) is 31.8 Å². The molecule has 1 aliphatic heterocycles. The molecule has 3 rings (SSSR count). The predicted octanol–water partition coefficient (Wildman–Crippen LogP) is 9.75. The largest absolute Gasteiger partial charge is 0.461 e. The van der Waals surface area contributed by atoms with Gasteiger partial charge in [0.1, 0.15) is 12.7 Å². The number of carbonyl (C=O) groups is 1. The molecule has 9 heteroatoms. The fourth-order valence-corrected chi connectivity index (χ4v) is 7.51. The van der Waals surface area contributed by atoms with Crippen molar-refractivity contribution in [2.75, 3.05) is 6.61 Å². The first-order valence-corrected chi connectivity index (χ1v) is 21.0. The number of hydrogen-bond acceptors (Lipinski definition) is 6. The van der Waals surface area contributed by atoms with Gasteiger partial charge in [0.05, 0.1) is 12.2 Å². The summed E-state index contributed by atoms with van der Waals surface area (Å²) in [6.07, 6.45) is 9.60. The van der Waals surface area contributed by atoms with E-state index in [0.717, 1.165) is 56.9 Å². The first-order chi connectivity index (χ1) is 22.2. The van der Waals surface area contributed by atoms with Crippen LogP contribution in [-0.4, -0.2) is 56.5 Å². The Morgan fingerprint density at radius 3 is 2.47 bits per heavy atom. The van der Waals surface area contributed by atoms with Crippen LogP contribution in [0.4, 0.5) is 8.78 Å². The minimum Gasteiger partial charge on any atom is -0.461 e. The van der Waals surface area contributed by atoms with E-state index in [1.807, 2.05) is 56.4 Å². The molecule has 0 spiro atoms. The van der Waals surface area contributed by atoms with E-state index in [4.69, 9.17) is 18.6 Å². The van der Waals surface area contributed by atoms with Crippen molar-refractivity contribution in [2.24, 2.45) is 11.8 Å². The number of hydrogen-bond donors (Lipinski definition) is 1. The highest BCUT2D eigenvalue weighted by Crippen LogP contribution is 2.43. The molecule has 1 saturated heterocycles.